The first-order valence-electron chi connectivity index (χ1n) is 11.2. The lowest BCUT2D eigenvalue weighted by Gasteiger charge is -2.26. The minimum absolute atomic E-state index is 0.0365. The summed E-state index contributed by atoms with van der Waals surface area (Å²) in [6.07, 6.45) is 4.85. The highest BCUT2D eigenvalue weighted by molar-refractivity contribution is 8.13. The summed E-state index contributed by atoms with van der Waals surface area (Å²) in [5.41, 5.74) is 2.15. The van der Waals surface area contributed by atoms with Crippen molar-refractivity contribution in [2.45, 2.75) is 37.5 Å². The molecule has 33 heavy (non-hydrogen) atoms. The number of hydrogen-bond donors (Lipinski definition) is 1. The normalized spacial score (nSPS) is 14.6. The summed E-state index contributed by atoms with van der Waals surface area (Å²) >= 11 is 1.20. The second-order valence-electron chi connectivity index (χ2n) is 8.14. The summed E-state index contributed by atoms with van der Waals surface area (Å²) < 4.78 is 33.8. The molecule has 0 bridgehead atoms. The Morgan fingerprint density at radius 1 is 1.06 bits per heavy atom. The molecule has 8 heteroatoms. The fourth-order valence-corrected chi connectivity index (χ4v) is 5.24. The Kier molecular flexibility index (Phi) is 9.41. The SMILES string of the molecule is C=C(CSC(C)=O)c1ccc(NS(=O)(=O)c2ccc(OCCCN3CCCCC3)cc2)cc1. The van der Waals surface area contributed by atoms with Gasteiger partial charge in [0.25, 0.3) is 10.0 Å². The number of ether oxygens (including phenoxy) is 1. The van der Waals surface area contributed by atoms with Gasteiger partial charge in [0, 0.05) is 24.9 Å². The largest absolute Gasteiger partial charge is 0.494 e. The first-order valence-corrected chi connectivity index (χ1v) is 13.7. The summed E-state index contributed by atoms with van der Waals surface area (Å²) in [5, 5.41) is 0.0365. The Bertz CT molecular complexity index is 1030. The Labute approximate surface area is 201 Å². The molecule has 1 aliphatic heterocycles. The molecule has 1 fully saturated rings. The van der Waals surface area contributed by atoms with Gasteiger partial charge in [0.2, 0.25) is 0 Å². The summed E-state index contributed by atoms with van der Waals surface area (Å²) in [7, 11) is -3.71. The average Bonchev–Trinajstić information content (AvgIpc) is 2.81. The molecule has 1 N–H and O–H groups in total. The molecule has 0 atom stereocenters. The maximum atomic E-state index is 12.7. The average molecular weight is 489 g/mol. The first kappa shape index (κ1) is 25.3. The van der Waals surface area contributed by atoms with Gasteiger partial charge >= 0.3 is 0 Å². The van der Waals surface area contributed by atoms with Gasteiger partial charge in [0.15, 0.2) is 5.12 Å². The number of nitrogens with zero attached hydrogens (tertiary/aromatic N) is 1. The van der Waals surface area contributed by atoms with Crippen molar-refractivity contribution in [3.05, 3.63) is 60.7 Å². The number of hydrogen-bond acceptors (Lipinski definition) is 6. The zero-order valence-electron chi connectivity index (χ0n) is 19.1. The molecule has 1 aliphatic rings. The molecule has 1 heterocycles. The van der Waals surface area contributed by atoms with Gasteiger partial charge in [0.1, 0.15) is 5.75 Å². The Hall–Kier alpha value is -2.29. The lowest BCUT2D eigenvalue weighted by molar-refractivity contribution is -0.109. The van der Waals surface area contributed by atoms with E-state index in [4.69, 9.17) is 4.74 Å². The maximum Gasteiger partial charge on any atom is 0.261 e. The number of carbonyl (C=O) groups is 1. The Morgan fingerprint density at radius 3 is 2.36 bits per heavy atom. The molecule has 0 unspecified atom stereocenters. The van der Waals surface area contributed by atoms with Crippen LogP contribution in [0.4, 0.5) is 5.69 Å². The van der Waals surface area contributed by atoms with Crippen LogP contribution in [0.25, 0.3) is 5.57 Å². The van der Waals surface area contributed by atoms with Crippen molar-refractivity contribution in [1.82, 2.24) is 4.90 Å². The van der Waals surface area contributed by atoms with E-state index >= 15 is 0 Å². The Balaban J connectivity index is 1.49. The third-order valence-corrected chi connectivity index (χ3v) is 7.76. The van der Waals surface area contributed by atoms with Crippen molar-refractivity contribution < 1.29 is 17.9 Å². The summed E-state index contributed by atoms with van der Waals surface area (Å²) in [6.45, 7) is 9.51. The number of anilines is 1. The highest BCUT2D eigenvalue weighted by Gasteiger charge is 2.15. The van der Waals surface area contributed by atoms with Crippen LogP contribution in [0.3, 0.4) is 0 Å². The van der Waals surface area contributed by atoms with Crippen LogP contribution in [0.5, 0.6) is 5.75 Å². The van der Waals surface area contributed by atoms with Gasteiger partial charge < -0.3 is 9.64 Å². The second kappa shape index (κ2) is 12.3. The standard InChI is InChI=1S/C25H32N2O4S2/c1-20(19-32-21(2)28)22-7-9-23(10-8-22)26-33(29,30)25-13-11-24(12-14-25)31-18-6-17-27-15-4-3-5-16-27/h7-14,26H,1,3-6,15-19H2,2H3. The van der Waals surface area contributed by atoms with E-state index in [2.05, 4.69) is 16.2 Å². The number of thioether (sulfide) groups is 1. The number of nitrogens with one attached hydrogen (secondary N) is 1. The third kappa shape index (κ3) is 8.21. The number of piperidine rings is 1. The zero-order valence-corrected chi connectivity index (χ0v) is 20.7. The van der Waals surface area contributed by atoms with Crippen molar-refractivity contribution in [1.29, 1.82) is 0 Å². The van der Waals surface area contributed by atoms with Crippen molar-refractivity contribution >= 4 is 38.2 Å². The van der Waals surface area contributed by atoms with Gasteiger partial charge in [-0.15, -0.1) is 0 Å². The van der Waals surface area contributed by atoms with E-state index in [0.717, 1.165) is 24.1 Å². The molecule has 0 amide bonds. The number of sulfonamides is 1. The van der Waals surface area contributed by atoms with Gasteiger partial charge in [-0.3, -0.25) is 9.52 Å². The van der Waals surface area contributed by atoms with Gasteiger partial charge in [-0.05, 0) is 79.9 Å². The van der Waals surface area contributed by atoms with Crippen molar-refractivity contribution in [3.63, 3.8) is 0 Å². The van der Waals surface area contributed by atoms with E-state index in [-0.39, 0.29) is 10.0 Å². The Morgan fingerprint density at radius 2 is 1.73 bits per heavy atom. The predicted octanol–water partition coefficient (Wildman–Crippen LogP) is 5.04. The number of benzene rings is 2. The fourth-order valence-electron chi connectivity index (χ4n) is 3.64. The molecule has 3 rings (SSSR count). The van der Waals surface area contributed by atoms with E-state index in [0.29, 0.717) is 23.8 Å². The fraction of sp³-hybridized carbons (Fsp3) is 0.400. The van der Waals surface area contributed by atoms with Gasteiger partial charge in [0.05, 0.1) is 11.5 Å². The molecule has 0 aliphatic carbocycles. The number of likely N-dealkylation sites (tertiary alicyclic amines) is 1. The molecule has 0 aromatic heterocycles. The first-order chi connectivity index (χ1) is 15.8. The van der Waals surface area contributed by atoms with Crippen LogP contribution in [0.2, 0.25) is 0 Å². The van der Waals surface area contributed by atoms with E-state index in [1.807, 2.05) is 0 Å². The second-order valence-corrected chi connectivity index (χ2v) is 11.0. The van der Waals surface area contributed by atoms with Crippen LogP contribution in [-0.4, -0.2) is 50.4 Å². The van der Waals surface area contributed by atoms with E-state index in [9.17, 15) is 13.2 Å². The summed E-state index contributed by atoms with van der Waals surface area (Å²) in [5.74, 6) is 1.17. The van der Waals surface area contributed by atoms with Crippen LogP contribution in [-0.2, 0) is 14.8 Å². The van der Waals surface area contributed by atoms with Crippen molar-refractivity contribution in [2.75, 3.05) is 36.7 Å². The molecule has 178 valence electrons. The molecular formula is C25H32N2O4S2. The summed E-state index contributed by atoms with van der Waals surface area (Å²) in [4.78, 5) is 13.8. The molecule has 2 aromatic carbocycles. The lowest BCUT2D eigenvalue weighted by Crippen LogP contribution is -2.31. The van der Waals surface area contributed by atoms with Crippen LogP contribution < -0.4 is 9.46 Å². The molecule has 0 spiro atoms. The minimum atomic E-state index is -3.71. The van der Waals surface area contributed by atoms with E-state index in [1.54, 1.807) is 48.5 Å². The van der Waals surface area contributed by atoms with E-state index in [1.165, 1.54) is 51.0 Å². The third-order valence-electron chi connectivity index (χ3n) is 5.47. The van der Waals surface area contributed by atoms with Crippen LogP contribution >= 0.6 is 11.8 Å². The van der Waals surface area contributed by atoms with Gasteiger partial charge in [-0.2, -0.15) is 0 Å². The molecule has 6 nitrogen and oxygen atoms in total. The smallest absolute Gasteiger partial charge is 0.261 e. The quantitative estimate of drug-likeness (QED) is 0.447. The van der Waals surface area contributed by atoms with Crippen LogP contribution in [0, 0.1) is 0 Å². The topological polar surface area (TPSA) is 75.7 Å². The zero-order chi connectivity index (χ0) is 23.7. The van der Waals surface area contributed by atoms with Gasteiger partial charge in [-0.25, -0.2) is 8.42 Å². The highest BCUT2D eigenvalue weighted by atomic mass is 32.2. The molecular weight excluding hydrogens is 456 g/mol. The van der Waals surface area contributed by atoms with Crippen LogP contribution in [0.15, 0.2) is 60.0 Å². The van der Waals surface area contributed by atoms with Gasteiger partial charge in [-0.1, -0.05) is 36.9 Å². The lowest BCUT2D eigenvalue weighted by atomic mass is 10.1. The van der Waals surface area contributed by atoms with E-state index < -0.39 is 10.0 Å². The highest BCUT2D eigenvalue weighted by Crippen LogP contribution is 2.23. The molecule has 2 aromatic rings. The molecule has 0 saturated carbocycles. The minimum Gasteiger partial charge on any atom is -0.494 e. The monoisotopic (exact) mass is 488 g/mol. The molecule has 0 radical (unpaired) electrons. The van der Waals surface area contributed by atoms with Crippen molar-refractivity contribution in [2.24, 2.45) is 0 Å². The molecule has 1 saturated heterocycles. The number of carbonyl (C=O) groups excluding carboxylic acids is 1. The van der Waals surface area contributed by atoms with Crippen LogP contribution in [0.1, 0.15) is 38.2 Å². The summed E-state index contributed by atoms with van der Waals surface area (Å²) in [6, 6.07) is 13.5. The van der Waals surface area contributed by atoms with Crippen molar-refractivity contribution in [3.8, 4) is 5.75 Å². The number of rotatable bonds is 11. The maximum absolute atomic E-state index is 12.7. The predicted molar refractivity (Wildman–Crippen MR) is 136 cm³/mol.